The number of amides is 3. The van der Waals surface area contributed by atoms with Crippen LogP contribution in [0.15, 0.2) is 82.6 Å². The number of anilines is 2. The van der Waals surface area contributed by atoms with Crippen molar-refractivity contribution in [3.05, 3.63) is 97.9 Å². The van der Waals surface area contributed by atoms with Crippen molar-refractivity contribution in [3.8, 4) is 11.5 Å². The molecule has 3 aromatic carbocycles. The standard InChI is InChI=1S/C30H24ClN3O6S2/c1-2-39-21-14-16(8-13-20(21)40-15-22(35)32-18-6-4-3-5-7-18)23-24-26(41-27-25(23)42-30(38)33-27)29(37)34(28(24)36)19-11-9-17(31)10-12-19/h3-14,23-24,26H,2,15H2,1H3,(H,32,35)(H,33,38)/t23-,24-,26+/m0/s1. The number of imide groups is 1. The molecule has 0 saturated carbocycles. The Morgan fingerprint density at radius 1 is 0.976 bits per heavy atom. The molecule has 3 atom stereocenters. The van der Waals surface area contributed by atoms with Crippen molar-refractivity contribution in [2.45, 2.75) is 23.1 Å². The van der Waals surface area contributed by atoms with Crippen LogP contribution in [0.5, 0.6) is 11.5 Å². The number of nitrogens with one attached hydrogen (secondary N) is 2. The quantitative estimate of drug-likeness (QED) is 0.256. The first-order chi connectivity index (χ1) is 20.3. The van der Waals surface area contributed by atoms with Crippen molar-refractivity contribution >= 4 is 63.8 Å². The zero-order chi connectivity index (χ0) is 29.4. The lowest BCUT2D eigenvalue weighted by Gasteiger charge is -2.30. The van der Waals surface area contributed by atoms with E-state index in [1.165, 1.54) is 16.7 Å². The van der Waals surface area contributed by atoms with Gasteiger partial charge in [-0.3, -0.25) is 19.2 Å². The van der Waals surface area contributed by atoms with Crippen LogP contribution in [-0.2, 0) is 14.4 Å². The lowest BCUT2D eigenvalue weighted by atomic mass is 9.83. The van der Waals surface area contributed by atoms with Crippen LogP contribution in [0.2, 0.25) is 5.02 Å². The molecule has 2 N–H and O–H groups in total. The summed E-state index contributed by atoms with van der Waals surface area (Å²) in [5, 5.41) is 3.11. The molecule has 1 saturated heterocycles. The molecule has 214 valence electrons. The Bertz CT molecular complexity index is 1720. The van der Waals surface area contributed by atoms with Gasteiger partial charge >= 0.3 is 4.87 Å². The second-order valence-electron chi connectivity index (χ2n) is 9.58. The van der Waals surface area contributed by atoms with Gasteiger partial charge in [-0.05, 0) is 61.0 Å². The van der Waals surface area contributed by atoms with E-state index in [9.17, 15) is 19.2 Å². The number of para-hydroxylation sites is 1. The highest BCUT2D eigenvalue weighted by Gasteiger charge is 2.56. The van der Waals surface area contributed by atoms with Gasteiger partial charge in [-0.25, -0.2) is 4.90 Å². The average Bonchev–Trinajstić information content (AvgIpc) is 3.47. The predicted molar refractivity (Wildman–Crippen MR) is 162 cm³/mol. The molecular formula is C30H24ClN3O6S2. The van der Waals surface area contributed by atoms with Gasteiger partial charge in [0, 0.05) is 21.5 Å². The third-order valence-corrected chi connectivity index (χ3v) is 9.60. The Hall–Kier alpha value is -4.06. The van der Waals surface area contributed by atoms with E-state index in [0.717, 1.165) is 11.3 Å². The number of thiazole rings is 1. The number of aromatic nitrogens is 1. The number of fused-ring (bicyclic) bond motifs is 2. The van der Waals surface area contributed by atoms with Crippen molar-refractivity contribution in [1.29, 1.82) is 0 Å². The Balaban J connectivity index is 1.32. The molecule has 4 aromatic rings. The van der Waals surface area contributed by atoms with Gasteiger partial charge in [0.25, 0.3) is 5.91 Å². The highest BCUT2D eigenvalue weighted by Crippen LogP contribution is 2.53. The van der Waals surface area contributed by atoms with Crippen molar-refractivity contribution in [2.75, 3.05) is 23.4 Å². The second-order valence-corrected chi connectivity index (χ2v) is 12.2. The topological polar surface area (TPSA) is 118 Å². The summed E-state index contributed by atoms with van der Waals surface area (Å²) < 4.78 is 11.7. The molecule has 0 unspecified atom stereocenters. The average molecular weight is 622 g/mol. The Kier molecular flexibility index (Phi) is 7.80. The van der Waals surface area contributed by atoms with Crippen LogP contribution in [0, 0.1) is 5.92 Å². The zero-order valence-electron chi connectivity index (χ0n) is 22.2. The minimum Gasteiger partial charge on any atom is -0.490 e. The monoisotopic (exact) mass is 621 g/mol. The maximum Gasteiger partial charge on any atom is 0.305 e. The first-order valence-electron chi connectivity index (χ1n) is 13.1. The number of benzene rings is 3. The van der Waals surface area contributed by atoms with E-state index in [-0.39, 0.29) is 29.2 Å². The van der Waals surface area contributed by atoms with Gasteiger partial charge in [0.05, 0.1) is 23.2 Å². The fourth-order valence-corrected chi connectivity index (χ4v) is 7.83. The number of ether oxygens (including phenoxy) is 2. The second kappa shape index (κ2) is 11.7. The molecule has 0 spiro atoms. The molecule has 0 aliphatic carbocycles. The molecule has 9 nitrogen and oxygen atoms in total. The van der Waals surface area contributed by atoms with Crippen LogP contribution >= 0.6 is 34.7 Å². The molecule has 2 aliphatic rings. The van der Waals surface area contributed by atoms with Crippen LogP contribution in [0.4, 0.5) is 11.4 Å². The van der Waals surface area contributed by atoms with Gasteiger partial charge in [-0.1, -0.05) is 59.0 Å². The molecule has 12 heteroatoms. The molecule has 2 aliphatic heterocycles. The van der Waals surface area contributed by atoms with E-state index in [0.29, 0.717) is 50.0 Å². The number of halogens is 1. The van der Waals surface area contributed by atoms with Crippen molar-refractivity contribution in [2.24, 2.45) is 5.92 Å². The van der Waals surface area contributed by atoms with Crippen molar-refractivity contribution in [3.63, 3.8) is 0 Å². The van der Waals surface area contributed by atoms with E-state index < -0.39 is 17.1 Å². The van der Waals surface area contributed by atoms with Crippen molar-refractivity contribution in [1.82, 2.24) is 4.98 Å². The van der Waals surface area contributed by atoms with E-state index in [4.69, 9.17) is 21.1 Å². The van der Waals surface area contributed by atoms with Gasteiger partial charge in [-0.15, -0.1) is 0 Å². The van der Waals surface area contributed by atoms with Crippen LogP contribution in [0.3, 0.4) is 0 Å². The molecule has 1 fully saturated rings. The number of carbonyl (C=O) groups excluding carboxylic acids is 3. The number of thioether (sulfide) groups is 1. The molecule has 0 radical (unpaired) electrons. The van der Waals surface area contributed by atoms with E-state index in [1.807, 2.05) is 25.1 Å². The van der Waals surface area contributed by atoms with E-state index in [2.05, 4.69) is 10.3 Å². The summed E-state index contributed by atoms with van der Waals surface area (Å²) >= 11 is 8.27. The number of rotatable bonds is 8. The maximum atomic E-state index is 13.9. The third kappa shape index (κ3) is 5.31. The maximum absolute atomic E-state index is 13.9. The number of H-pyrrole nitrogens is 1. The normalized spacial score (nSPS) is 19.3. The number of aromatic amines is 1. The molecule has 0 bridgehead atoms. The van der Waals surface area contributed by atoms with Crippen LogP contribution < -0.4 is 24.6 Å². The minimum absolute atomic E-state index is 0.244. The summed E-state index contributed by atoms with van der Waals surface area (Å²) in [7, 11) is 0. The van der Waals surface area contributed by atoms with Gasteiger partial charge in [-0.2, -0.15) is 0 Å². The van der Waals surface area contributed by atoms with Crippen LogP contribution in [0.1, 0.15) is 23.3 Å². The number of carbonyl (C=O) groups is 3. The summed E-state index contributed by atoms with van der Waals surface area (Å²) in [6.07, 6.45) is 0. The lowest BCUT2D eigenvalue weighted by molar-refractivity contribution is -0.122. The van der Waals surface area contributed by atoms with Gasteiger partial charge in [0.15, 0.2) is 18.1 Å². The summed E-state index contributed by atoms with van der Waals surface area (Å²) in [5.74, 6) is -1.65. The Morgan fingerprint density at radius 2 is 1.74 bits per heavy atom. The third-order valence-electron chi connectivity index (χ3n) is 6.95. The molecule has 3 heterocycles. The van der Waals surface area contributed by atoms with Gasteiger partial charge in [0.2, 0.25) is 11.8 Å². The molecule has 42 heavy (non-hydrogen) atoms. The first kappa shape index (κ1) is 28.1. The largest absolute Gasteiger partial charge is 0.490 e. The lowest BCUT2D eigenvalue weighted by Crippen LogP contribution is -2.32. The van der Waals surface area contributed by atoms with Crippen LogP contribution in [0.25, 0.3) is 0 Å². The van der Waals surface area contributed by atoms with E-state index >= 15 is 0 Å². The minimum atomic E-state index is -0.755. The van der Waals surface area contributed by atoms with Gasteiger partial charge in [0.1, 0.15) is 5.25 Å². The fourth-order valence-electron chi connectivity index (χ4n) is 5.19. The SMILES string of the molecule is CCOc1cc([C@@H]2c3sc(=O)[nH]c3S[C@H]3C(=O)N(c4ccc(Cl)cc4)C(=O)[C@@H]23)ccc1OCC(=O)Nc1ccccc1. The number of hydrogen-bond acceptors (Lipinski definition) is 8. The number of hydrogen-bond donors (Lipinski definition) is 2. The summed E-state index contributed by atoms with van der Waals surface area (Å²) in [6.45, 7) is 1.91. The number of nitrogens with zero attached hydrogens (tertiary/aromatic N) is 1. The van der Waals surface area contributed by atoms with Gasteiger partial charge < -0.3 is 19.8 Å². The molecular weight excluding hydrogens is 598 g/mol. The summed E-state index contributed by atoms with van der Waals surface area (Å²) in [5.41, 5.74) is 1.78. The predicted octanol–water partition coefficient (Wildman–Crippen LogP) is 5.30. The summed E-state index contributed by atoms with van der Waals surface area (Å²) in [4.78, 5) is 56.9. The Labute approximate surface area is 253 Å². The first-order valence-corrected chi connectivity index (χ1v) is 15.2. The zero-order valence-corrected chi connectivity index (χ0v) is 24.6. The fraction of sp³-hybridized carbons (Fsp3) is 0.200. The van der Waals surface area contributed by atoms with E-state index in [1.54, 1.807) is 54.6 Å². The summed E-state index contributed by atoms with van der Waals surface area (Å²) in [6, 6.07) is 20.8. The molecule has 1 aromatic heterocycles. The smallest absolute Gasteiger partial charge is 0.305 e. The highest BCUT2D eigenvalue weighted by molar-refractivity contribution is 8.00. The molecule has 6 rings (SSSR count). The Morgan fingerprint density at radius 3 is 2.48 bits per heavy atom. The van der Waals surface area contributed by atoms with Crippen LogP contribution in [-0.4, -0.2) is 41.2 Å². The highest BCUT2D eigenvalue weighted by atomic mass is 35.5. The van der Waals surface area contributed by atoms with Crippen molar-refractivity contribution < 1.29 is 23.9 Å². The molecule has 3 amide bonds.